The summed E-state index contributed by atoms with van der Waals surface area (Å²) in [6.45, 7) is 2.01. The van der Waals surface area contributed by atoms with Crippen molar-refractivity contribution in [1.82, 2.24) is 0 Å². The molecule has 1 N–H and O–H groups in total. The first-order valence-electron chi connectivity index (χ1n) is 7.92. The maximum atomic E-state index is 12.9. The molecule has 26 heavy (non-hydrogen) atoms. The molecule has 0 bridgehead atoms. The van der Waals surface area contributed by atoms with Gasteiger partial charge in [-0.2, -0.15) is 0 Å². The second kappa shape index (κ2) is 7.49. The van der Waals surface area contributed by atoms with Crippen molar-refractivity contribution in [3.05, 3.63) is 89.7 Å². The fourth-order valence-electron chi connectivity index (χ4n) is 2.34. The molecule has 3 rings (SSSR count). The molecule has 0 heterocycles. The first kappa shape index (κ1) is 17.8. The molecule has 3 aromatic rings. The van der Waals surface area contributed by atoms with Crippen LogP contribution in [0.4, 0.5) is 15.8 Å². The van der Waals surface area contributed by atoms with Gasteiger partial charge >= 0.3 is 0 Å². The number of rotatable bonds is 5. The van der Waals surface area contributed by atoms with Gasteiger partial charge in [0, 0.05) is 11.9 Å². The molecule has 0 atom stereocenters. The topological polar surface area (TPSA) is 58.5 Å². The van der Waals surface area contributed by atoms with E-state index in [2.05, 4.69) is 9.71 Å². The Morgan fingerprint density at radius 3 is 2.31 bits per heavy atom. The highest BCUT2D eigenvalue weighted by Gasteiger charge is 2.13. The summed E-state index contributed by atoms with van der Waals surface area (Å²) in [6.07, 6.45) is 1.73. The van der Waals surface area contributed by atoms with Crippen molar-refractivity contribution in [1.29, 1.82) is 0 Å². The van der Waals surface area contributed by atoms with Gasteiger partial charge in [-0.05, 0) is 61.0 Å². The van der Waals surface area contributed by atoms with Crippen molar-refractivity contribution in [3.63, 3.8) is 0 Å². The van der Waals surface area contributed by atoms with Gasteiger partial charge in [0.1, 0.15) is 5.82 Å². The van der Waals surface area contributed by atoms with E-state index in [-0.39, 0.29) is 4.90 Å². The van der Waals surface area contributed by atoms with E-state index in [4.69, 9.17) is 0 Å². The standard InChI is InChI=1S/C20H17FN2O2S/c1-15-3-2-4-16(13-15)14-22-18-9-11-20(12-10-18)26(24,25)23-19-7-5-17(21)6-8-19/h2-14,23H,1H3. The van der Waals surface area contributed by atoms with Crippen LogP contribution >= 0.6 is 0 Å². The van der Waals surface area contributed by atoms with E-state index in [1.165, 1.54) is 36.4 Å². The second-order valence-corrected chi connectivity index (χ2v) is 7.46. The lowest BCUT2D eigenvalue weighted by Gasteiger charge is -2.08. The highest BCUT2D eigenvalue weighted by atomic mass is 32.2. The van der Waals surface area contributed by atoms with Gasteiger partial charge in [0.25, 0.3) is 10.0 Å². The summed E-state index contributed by atoms with van der Waals surface area (Å²) in [7, 11) is -3.74. The molecule has 0 spiro atoms. The van der Waals surface area contributed by atoms with Crippen molar-refractivity contribution >= 4 is 27.6 Å². The normalized spacial score (nSPS) is 11.6. The average Bonchev–Trinajstić information content (AvgIpc) is 2.62. The molecular formula is C20H17FN2O2S. The number of halogens is 1. The van der Waals surface area contributed by atoms with Crippen LogP contribution < -0.4 is 4.72 Å². The first-order valence-corrected chi connectivity index (χ1v) is 9.40. The van der Waals surface area contributed by atoms with Crippen molar-refractivity contribution in [2.45, 2.75) is 11.8 Å². The summed E-state index contributed by atoms with van der Waals surface area (Å²) in [5.41, 5.74) is 3.06. The minimum Gasteiger partial charge on any atom is -0.280 e. The number of nitrogens with zero attached hydrogens (tertiary/aromatic N) is 1. The summed E-state index contributed by atoms with van der Waals surface area (Å²) in [6, 6.07) is 19.3. The Hall–Kier alpha value is -2.99. The molecule has 132 valence electrons. The highest BCUT2D eigenvalue weighted by Crippen LogP contribution is 2.20. The number of hydrogen-bond acceptors (Lipinski definition) is 3. The smallest absolute Gasteiger partial charge is 0.261 e. The van der Waals surface area contributed by atoms with Crippen LogP contribution in [-0.4, -0.2) is 14.6 Å². The largest absolute Gasteiger partial charge is 0.280 e. The summed E-state index contributed by atoms with van der Waals surface area (Å²) in [5, 5.41) is 0. The second-order valence-electron chi connectivity index (χ2n) is 5.78. The zero-order chi connectivity index (χ0) is 18.6. The van der Waals surface area contributed by atoms with Gasteiger partial charge in [-0.15, -0.1) is 0 Å². The monoisotopic (exact) mass is 368 g/mol. The molecule has 0 aliphatic rings. The Kier molecular flexibility index (Phi) is 5.14. The maximum absolute atomic E-state index is 12.9. The van der Waals surface area contributed by atoms with Crippen LogP contribution in [0.5, 0.6) is 0 Å². The van der Waals surface area contributed by atoms with Gasteiger partial charge in [0.2, 0.25) is 0 Å². The third kappa shape index (κ3) is 4.55. The first-order chi connectivity index (χ1) is 12.4. The molecule has 4 nitrogen and oxygen atoms in total. The lowest BCUT2D eigenvalue weighted by molar-refractivity contribution is 0.601. The highest BCUT2D eigenvalue weighted by molar-refractivity contribution is 7.92. The van der Waals surface area contributed by atoms with E-state index in [1.807, 2.05) is 31.2 Å². The number of sulfonamides is 1. The van der Waals surface area contributed by atoms with Crippen LogP contribution in [0, 0.1) is 12.7 Å². The van der Waals surface area contributed by atoms with Crippen molar-refractivity contribution < 1.29 is 12.8 Å². The molecule has 0 saturated heterocycles. The molecular weight excluding hydrogens is 351 g/mol. The van der Waals surface area contributed by atoms with E-state index < -0.39 is 15.8 Å². The quantitative estimate of drug-likeness (QED) is 0.665. The van der Waals surface area contributed by atoms with Crippen LogP contribution in [0.2, 0.25) is 0 Å². The third-order valence-electron chi connectivity index (χ3n) is 3.65. The Morgan fingerprint density at radius 1 is 0.962 bits per heavy atom. The predicted molar refractivity (Wildman–Crippen MR) is 102 cm³/mol. The van der Waals surface area contributed by atoms with Crippen molar-refractivity contribution in [2.24, 2.45) is 4.99 Å². The average molecular weight is 368 g/mol. The predicted octanol–water partition coefficient (Wildman–Crippen LogP) is 4.69. The molecule has 3 aromatic carbocycles. The van der Waals surface area contributed by atoms with Crippen molar-refractivity contribution in [2.75, 3.05) is 4.72 Å². The Balaban J connectivity index is 1.75. The zero-order valence-corrected chi connectivity index (χ0v) is 14.9. The summed E-state index contributed by atoms with van der Waals surface area (Å²) < 4.78 is 40.1. The van der Waals surface area contributed by atoms with E-state index in [0.717, 1.165) is 11.1 Å². The SMILES string of the molecule is Cc1cccc(C=Nc2ccc(S(=O)(=O)Nc3ccc(F)cc3)cc2)c1. The molecule has 0 amide bonds. The lowest BCUT2D eigenvalue weighted by Crippen LogP contribution is -2.12. The number of benzene rings is 3. The molecule has 0 radical (unpaired) electrons. The van der Waals surface area contributed by atoms with Gasteiger partial charge in [0.05, 0.1) is 10.6 Å². The number of aryl methyl sites for hydroxylation is 1. The maximum Gasteiger partial charge on any atom is 0.261 e. The number of nitrogens with one attached hydrogen (secondary N) is 1. The molecule has 6 heteroatoms. The van der Waals surface area contributed by atoms with E-state index in [0.29, 0.717) is 11.4 Å². The fraction of sp³-hybridized carbons (Fsp3) is 0.0500. The summed E-state index contributed by atoms with van der Waals surface area (Å²) >= 11 is 0. The van der Waals surface area contributed by atoms with Gasteiger partial charge in [0.15, 0.2) is 0 Å². The van der Waals surface area contributed by atoms with Crippen LogP contribution in [0.1, 0.15) is 11.1 Å². The number of aliphatic imine (C=N–C) groups is 1. The summed E-state index contributed by atoms with van der Waals surface area (Å²) in [5.74, 6) is -0.427. The van der Waals surface area contributed by atoms with Crippen LogP contribution in [0.15, 0.2) is 82.7 Å². The van der Waals surface area contributed by atoms with Gasteiger partial charge < -0.3 is 0 Å². The third-order valence-corrected chi connectivity index (χ3v) is 5.05. The van der Waals surface area contributed by atoms with Crippen LogP contribution in [-0.2, 0) is 10.0 Å². The molecule has 0 fully saturated rings. The number of anilines is 1. The van der Waals surface area contributed by atoms with Crippen molar-refractivity contribution in [3.8, 4) is 0 Å². The Bertz CT molecular complexity index is 1030. The van der Waals surface area contributed by atoms with E-state index >= 15 is 0 Å². The Morgan fingerprint density at radius 2 is 1.65 bits per heavy atom. The lowest BCUT2D eigenvalue weighted by atomic mass is 10.1. The van der Waals surface area contributed by atoms with E-state index in [9.17, 15) is 12.8 Å². The zero-order valence-electron chi connectivity index (χ0n) is 14.1. The van der Waals surface area contributed by atoms with Crippen LogP contribution in [0.25, 0.3) is 0 Å². The Labute approximate surface area is 152 Å². The minimum absolute atomic E-state index is 0.108. The van der Waals surface area contributed by atoms with Gasteiger partial charge in [-0.3, -0.25) is 9.71 Å². The molecule has 0 aliphatic carbocycles. The molecule has 0 aromatic heterocycles. The molecule has 0 unspecified atom stereocenters. The fourth-order valence-corrected chi connectivity index (χ4v) is 3.40. The van der Waals surface area contributed by atoms with Gasteiger partial charge in [-0.1, -0.05) is 29.8 Å². The molecule has 0 aliphatic heterocycles. The summed E-state index contributed by atoms with van der Waals surface area (Å²) in [4.78, 5) is 4.46. The number of hydrogen-bond donors (Lipinski definition) is 1. The van der Waals surface area contributed by atoms with E-state index in [1.54, 1.807) is 18.3 Å². The van der Waals surface area contributed by atoms with Crippen LogP contribution in [0.3, 0.4) is 0 Å². The minimum atomic E-state index is -3.74. The van der Waals surface area contributed by atoms with Gasteiger partial charge in [-0.25, -0.2) is 12.8 Å². The molecule has 0 saturated carbocycles.